The van der Waals surface area contributed by atoms with Crippen molar-refractivity contribution >= 4 is 40.9 Å². The quantitative estimate of drug-likeness (QED) is 0.578. The number of rotatable bonds is 1. The lowest BCUT2D eigenvalue weighted by Gasteiger charge is -2.34. The van der Waals surface area contributed by atoms with Crippen molar-refractivity contribution in [1.82, 2.24) is 10.2 Å². The van der Waals surface area contributed by atoms with E-state index in [2.05, 4.69) is 5.32 Å². The molecule has 1 aliphatic heterocycles. The molecule has 0 bridgehead atoms. The summed E-state index contributed by atoms with van der Waals surface area (Å²) in [4.78, 5) is 13.8. The van der Waals surface area contributed by atoms with Gasteiger partial charge in [-0.15, -0.1) is 12.4 Å². The molecule has 1 amide bonds. The molecule has 3 nitrogen and oxygen atoms in total. The Labute approximate surface area is 130 Å². The maximum absolute atomic E-state index is 13.7. The minimum atomic E-state index is -0.802. The molecular weight excluding hydrogens is 388 g/mol. The second-order valence-electron chi connectivity index (χ2n) is 4.30. The number of nitrogens with one attached hydrogen (secondary N) is 1. The van der Waals surface area contributed by atoms with E-state index < -0.39 is 11.6 Å². The van der Waals surface area contributed by atoms with Crippen LogP contribution in [0.25, 0.3) is 0 Å². The Kier molecular flexibility index (Phi) is 5.94. The average Bonchev–Trinajstić information content (AvgIpc) is 2.33. The molecule has 1 fully saturated rings. The monoisotopic (exact) mass is 402 g/mol. The first-order valence-electron chi connectivity index (χ1n) is 5.67. The van der Waals surface area contributed by atoms with Crippen molar-refractivity contribution in [3.8, 4) is 0 Å². The lowest BCUT2D eigenvalue weighted by atomic mass is 10.1. The molecule has 1 N–H and O–H groups in total. The summed E-state index contributed by atoms with van der Waals surface area (Å²) in [5.74, 6) is -1.82. The van der Waals surface area contributed by atoms with E-state index >= 15 is 0 Å². The summed E-state index contributed by atoms with van der Waals surface area (Å²) < 4.78 is 27.1. The van der Waals surface area contributed by atoms with E-state index in [1.807, 2.05) is 6.92 Å². The summed E-state index contributed by atoms with van der Waals surface area (Å²) in [6.07, 6.45) is 0. The number of benzene rings is 1. The van der Waals surface area contributed by atoms with Gasteiger partial charge in [0.2, 0.25) is 0 Å². The number of carbonyl (C=O) groups is 1. The highest BCUT2D eigenvalue weighted by atomic mass is 127. The Morgan fingerprint density at radius 2 is 2.11 bits per heavy atom. The lowest BCUT2D eigenvalue weighted by molar-refractivity contribution is 0.0651. The Morgan fingerprint density at radius 1 is 1.42 bits per heavy atom. The minimum Gasteiger partial charge on any atom is -0.333 e. The minimum absolute atomic E-state index is 0. The molecular formula is C12H14ClF2IN2O. The zero-order valence-electron chi connectivity index (χ0n) is 10.3. The first kappa shape index (κ1) is 16.6. The van der Waals surface area contributed by atoms with Crippen LogP contribution < -0.4 is 5.32 Å². The highest BCUT2D eigenvalue weighted by Gasteiger charge is 2.26. The molecule has 0 saturated carbocycles. The molecule has 2 rings (SSSR count). The van der Waals surface area contributed by atoms with Gasteiger partial charge in [-0.05, 0) is 35.6 Å². The van der Waals surface area contributed by atoms with Crippen LogP contribution in [0.15, 0.2) is 12.1 Å². The summed E-state index contributed by atoms with van der Waals surface area (Å²) in [7, 11) is 0. The summed E-state index contributed by atoms with van der Waals surface area (Å²) in [5, 5.41) is 3.16. The lowest BCUT2D eigenvalue weighted by Crippen LogP contribution is -2.52. The third-order valence-corrected chi connectivity index (χ3v) is 3.83. The standard InChI is InChI=1S/C12H13F2IN2O.ClH/c1-7-6-16-2-3-17(7)12(18)8-4-11(15)10(14)5-9(8)13;/h4-5,7,16H,2-3,6H2,1H3;1H/t7-;/m1./s1. The summed E-state index contributed by atoms with van der Waals surface area (Å²) in [6, 6.07) is 2.04. The molecule has 0 radical (unpaired) electrons. The second-order valence-corrected chi connectivity index (χ2v) is 5.46. The van der Waals surface area contributed by atoms with Crippen LogP contribution >= 0.6 is 35.0 Å². The van der Waals surface area contributed by atoms with E-state index in [0.29, 0.717) is 19.6 Å². The van der Waals surface area contributed by atoms with Crippen LogP contribution in [-0.2, 0) is 0 Å². The van der Waals surface area contributed by atoms with Crippen LogP contribution in [0.3, 0.4) is 0 Å². The Hall–Kier alpha value is -0.470. The Balaban J connectivity index is 0.00000180. The van der Waals surface area contributed by atoms with Crippen LogP contribution in [0.5, 0.6) is 0 Å². The zero-order chi connectivity index (χ0) is 13.3. The third-order valence-electron chi connectivity index (χ3n) is 3.00. The van der Waals surface area contributed by atoms with E-state index in [1.54, 1.807) is 27.5 Å². The van der Waals surface area contributed by atoms with Gasteiger partial charge in [0.1, 0.15) is 11.6 Å². The molecule has 1 aromatic carbocycles. The number of carbonyl (C=O) groups excluding carboxylic acids is 1. The highest BCUT2D eigenvalue weighted by molar-refractivity contribution is 14.1. The van der Waals surface area contributed by atoms with E-state index in [1.165, 1.54) is 6.07 Å². The number of hydrogen-bond acceptors (Lipinski definition) is 2. The van der Waals surface area contributed by atoms with Crippen molar-refractivity contribution < 1.29 is 13.6 Å². The van der Waals surface area contributed by atoms with Gasteiger partial charge >= 0.3 is 0 Å². The Morgan fingerprint density at radius 3 is 2.74 bits per heavy atom. The van der Waals surface area contributed by atoms with Crippen molar-refractivity contribution in [3.63, 3.8) is 0 Å². The Bertz CT molecular complexity index is 487. The predicted molar refractivity (Wildman–Crippen MR) is 79.7 cm³/mol. The molecule has 1 aromatic rings. The van der Waals surface area contributed by atoms with Crippen molar-refractivity contribution in [3.05, 3.63) is 32.9 Å². The smallest absolute Gasteiger partial charge is 0.257 e. The van der Waals surface area contributed by atoms with Gasteiger partial charge < -0.3 is 10.2 Å². The third kappa shape index (κ3) is 3.55. The van der Waals surface area contributed by atoms with E-state index in [0.717, 1.165) is 6.07 Å². The van der Waals surface area contributed by atoms with Gasteiger partial charge in [0.15, 0.2) is 0 Å². The zero-order valence-corrected chi connectivity index (χ0v) is 13.2. The van der Waals surface area contributed by atoms with Crippen molar-refractivity contribution in [2.45, 2.75) is 13.0 Å². The molecule has 1 aliphatic rings. The van der Waals surface area contributed by atoms with E-state index in [9.17, 15) is 13.6 Å². The van der Waals surface area contributed by atoms with Gasteiger partial charge in [-0.25, -0.2) is 8.78 Å². The molecule has 0 unspecified atom stereocenters. The van der Waals surface area contributed by atoms with Crippen LogP contribution in [0.4, 0.5) is 8.78 Å². The van der Waals surface area contributed by atoms with Crippen molar-refractivity contribution in [2.24, 2.45) is 0 Å². The summed E-state index contributed by atoms with van der Waals surface area (Å²) >= 11 is 1.75. The molecule has 0 aliphatic carbocycles. The highest BCUT2D eigenvalue weighted by Crippen LogP contribution is 2.19. The molecule has 1 atom stereocenters. The molecule has 0 spiro atoms. The molecule has 106 valence electrons. The molecule has 0 aromatic heterocycles. The molecule has 7 heteroatoms. The van der Waals surface area contributed by atoms with Gasteiger partial charge in [0.25, 0.3) is 5.91 Å². The number of halogens is 4. The second kappa shape index (κ2) is 6.81. The van der Waals surface area contributed by atoms with Crippen molar-refractivity contribution in [2.75, 3.05) is 19.6 Å². The summed E-state index contributed by atoms with van der Waals surface area (Å²) in [5.41, 5.74) is -0.0606. The number of amides is 1. The maximum atomic E-state index is 13.7. The topological polar surface area (TPSA) is 32.3 Å². The van der Waals surface area contributed by atoms with Gasteiger partial charge in [-0.2, -0.15) is 0 Å². The van der Waals surface area contributed by atoms with Crippen LogP contribution in [0.2, 0.25) is 0 Å². The van der Waals surface area contributed by atoms with Gasteiger partial charge in [-0.1, -0.05) is 0 Å². The molecule has 19 heavy (non-hydrogen) atoms. The van der Waals surface area contributed by atoms with Gasteiger partial charge in [0, 0.05) is 35.3 Å². The average molecular weight is 403 g/mol. The van der Waals surface area contributed by atoms with Gasteiger partial charge in [0.05, 0.1) is 5.56 Å². The summed E-state index contributed by atoms with van der Waals surface area (Å²) in [6.45, 7) is 3.81. The van der Waals surface area contributed by atoms with Crippen LogP contribution in [0, 0.1) is 15.2 Å². The maximum Gasteiger partial charge on any atom is 0.257 e. The largest absolute Gasteiger partial charge is 0.333 e. The van der Waals surface area contributed by atoms with Crippen LogP contribution in [0.1, 0.15) is 17.3 Å². The normalized spacial score (nSPS) is 18.9. The first-order valence-corrected chi connectivity index (χ1v) is 6.75. The fraction of sp³-hybridized carbons (Fsp3) is 0.417. The van der Waals surface area contributed by atoms with E-state index in [-0.39, 0.29) is 33.5 Å². The first-order chi connectivity index (χ1) is 8.50. The molecule has 1 saturated heterocycles. The number of piperazine rings is 1. The van der Waals surface area contributed by atoms with Gasteiger partial charge in [-0.3, -0.25) is 4.79 Å². The number of nitrogens with zero attached hydrogens (tertiary/aromatic N) is 1. The fourth-order valence-corrected chi connectivity index (χ4v) is 2.45. The van der Waals surface area contributed by atoms with E-state index in [4.69, 9.17) is 0 Å². The van der Waals surface area contributed by atoms with Crippen LogP contribution in [-0.4, -0.2) is 36.5 Å². The fourth-order valence-electron chi connectivity index (χ4n) is 1.98. The predicted octanol–water partition coefficient (Wildman–Crippen LogP) is 2.43. The number of hydrogen-bond donors (Lipinski definition) is 1. The van der Waals surface area contributed by atoms with Crippen molar-refractivity contribution in [1.29, 1.82) is 0 Å². The SMILES string of the molecule is C[C@@H]1CNCCN1C(=O)c1cc(I)c(F)cc1F.Cl. The molecule has 1 heterocycles.